The van der Waals surface area contributed by atoms with Gasteiger partial charge in [0, 0.05) is 17.2 Å². The smallest absolute Gasteiger partial charge is 0.325 e. The molecule has 2 aliphatic carbocycles. The number of aryl methyl sites for hydroxylation is 1. The first kappa shape index (κ1) is 31.2. The van der Waals surface area contributed by atoms with Crippen LogP contribution in [-0.2, 0) is 4.79 Å². The van der Waals surface area contributed by atoms with Gasteiger partial charge in [-0.15, -0.1) is 0 Å². The molecule has 2 aromatic rings. The van der Waals surface area contributed by atoms with Crippen molar-refractivity contribution in [2.24, 2.45) is 33.5 Å². The molecule has 5 rings (SSSR count). The predicted octanol–water partition coefficient (Wildman–Crippen LogP) is 8.38. The first-order chi connectivity index (χ1) is 20.3. The lowest BCUT2D eigenvalue weighted by atomic mass is 9.63. The molecule has 1 atom stereocenters. The van der Waals surface area contributed by atoms with Gasteiger partial charge in [0.05, 0.1) is 29.2 Å². The van der Waals surface area contributed by atoms with Gasteiger partial charge in [-0.1, -0.05) is 79.0 Å². The first-order valence-corrected chi connectivity index (χ1v) is 16.2. The summed E-state index contributed by atoms with van der Waals surface area (Å²) >= 11 is 0. The molecule has 3 N–H and O–H groups in total. The lowest BCUT2D eigenvalue weighted by Crippen LogP contribution is -2.49. The normalized spacial score (nSPS) is 21.7. The minimum atomic E-state index is -0.589. The molecular weight excluding hydrogens is 534 g/mol. The number of amides is 3. The Morgan fingerprint density at radius 2 is 1.60 bits per heavy atom. The second-order valence-electron chi connectivity index (χ2n) is 15.1. The Hall–Kier alpha value is -3.19. The molecule has 2 saturated carbocycles. The highest BCUT2D eigenvalue weighted by atomic mass is 16.2. The summed E-state index contributed by atoms with van der Waals surface area (Å²) in [6.45, 7) is 15.2. The number of hydrogen-bond acceptors (Lipinski definition) is 4. The van der Waals surface area contributed by atoms with E-state index in [1.165, 1.54) is 19.3 Å². The van der Waals surface area contributed by atoms with Crippen molar-refractivity contribution in [3.8, 4) is 0 Å². The zero-order chi connectivity index (χ0) is 31.1. The summed E-state index contributed by atoms with van der Waals surface area (Å²) in [6, 6.07) is 13.2. The summed E-state index contributed by atoms with van der Waals surface area (Å²) in [5.74, 6) is 0.151. The Labute approximate surface area is 258 Å². The molecule has 7 nitrogen and oxygen atoms in total. The molecule has 0 saturated heterocycles. The van der Waals surface area contributed by atoms with Crippen LogP contribution in [0.4, 0.5) is 21.9 Å². The van der Waals surface area contributed by atoms with Gasteiger partial charge < -0.3 is 11.1 Å². The van der Waals surface area contributed by atoms with Crippen LogP contribution < -0.4 is 16.0 Å². The van der Waals surface area contributed by atoms with Crippen LogP contribution in [0.15, 0.2) is 47.6 Å². The van der Waals surface area contributed by atoms with Gasteiger partial charge in [-0.3, -0.25) is 9.69 Å². The average Bonchev–Trinajstić information content (AvgIpc) is 3.06. The quantitative estimate of drug-likeness (QED) is 0.357. The maximum Gasteiger partial charge on any atom is 0.349 e. The Morgan fingerprint density at radius 3 is 2.21 bits per heavy atom. The van der Waals surface area contributed by atoms with E-state index in [-0.39, 0.29) is 34.7 Å². The highest BCUT2D eigenvalue weighted by Gasteiger charge is 2.45. The number of benzene rings is 2. The Bertz CT molecular complexity index is 1350. The average molecular weight is 586 g/mol. The van der Waals surface area contributed by atoms with Crippen LogP contribution in [0.3, 0.4) is 0 Å². The maximum absolute atomic E-state index is 14.9. The van der Waals surface area contributed by atoms with Crippen molar-refractivity contribution in [1.82, 2.24) is 5.01 Å². The van der Waals surface area contributed by atoms with Crippen LogP contribution in [0, 0.1) is 29.6 Å². The molecule has 1 heterocycles. The molecule has 2 fully saturated rings. The van der Waals surface area contributed by atoms with Crippen molar-refractivity contribution >= 4 is 34.7 Å². The van der Waals surface area contributed by atoms with E-state index >= 15 is 0 Å². The molecule has 0 spiro atoms. The molecule has 7 heteroatoms. The lowest BCUT2D eigenvalue weighted by molar-refractivity contribution is -0.118. The summed E-state index contributed by atoms with van der Waals surface area (Å²) in [5, 5.41) is 10.2. The number of urea groups is 1. The van der Waals surface area contributed by atoms with E-state index in [2.05, 4.69) is 58.1 Å². The van der Waals surface area contributed by atoms with E-state index in [9.17, 15) is 9.59 Å². The summed E-state index contributed by atoms with van der Waals surface area (Å²) in [5.41, 5.74) is 11.8. The number of anilines is 3. The van der Waals surface area contributed by atoms with E-state index in [0.717, 1.165) is 60.3 Å². The van der Waals surface area contributed by atoms with Crippen LogP contribution in [0.5, 0.6) is 0 Å². The zero-order valence-electron chi connectivity index (χ0n) is 27.2. The van der Waals surface area contributed by atoms with Crippen LogP contribution in [0.25, 0.3) is 0 Å². The number of nitrogens with zero attached hydrogens (tertiary/aromatic N) is 3. The van der Waals surface area contributed by atoms with Crippen molar-refractivity contribution in [3.63, 3.8) is 0 Å². The van der Waals surface area contributed by atoms with E-state index in [4.69, 9.17) is 10.8 Å². The third-order valence-corrected chi connectivity index (χ3v) is 9.63. The Kier molecular flexibility index (Phi) is 8.77. The van der Waals surface area contributed by atoms with Crippen LogP contribution in [-0.4, -0.2) is 34.7 Å². The SMILES string of the molecule is Cc1cccc2c1N(c1ccc(NC(=O)C(N)C(C)C)cc1)C(=O)N(C1CC(C)(C)CC(C)(C)C1)N=C2C1CCCCC1. The number of carbonyl (C=O) groups excluding carboxylic acids is 2. The van der Waals surface area contributed by atoms with Gasteiger partial charge in [-0.2, -0.15) is 5.10 Å². The summed E-state index contributed by atoms with van der Waals surface area (Å²) in [6.07, 6.45) is 8.79. The Morgan fingerprint density at radius 1 is 0.977 bits per heavy atom. The zero-order valence-corrected chi connectivity index (χ0v) is 27.2. The number of hydrazone groups is 1. The van der Waals surface area contributed by atoms with Crippen molar-refractivity contribution < 1.29 is 9.59 Å². The molecule has 0 aromatic heterocycles. The third-order valence-electron chi connectivity index (χ3n) is 9.63. The van der Waals surface area contributed by atoms with Gasteiger partial charge in [-0.05, 0) is 85.6 Å². The van der Waals surface area contributed by atoms with Gasteiger partial charge in [0.1, 0.15) is 0 Å². The summed E-state index contributed by atoms with van der Waals surface area (Å²) in [7, 11) is 0. The van der Waals surface area contributed by atoms with Gasteiger partial charge in [0.2, 0.25) is 5.91 Å². The van der Waals surface area contributed by atoms with Crippen LogP contribution in [0.1, 0.15) is 104 Å². The van der Waals surface area contributed by atoms with Gasteiger partial charge in [0.25, 0.3) is 0 Å². The van der Waals surface area contributed by atoms with E-state index in [0.29, 0.717) is 11.6 Å². The number of para-hydroxylation sites is 1. The molecule has 43 heavy (non-hydrogen) atoms. The standard InChI is InChI=1S/C36H51N5O2/c1-23(2)30(37)33(42)38-26-16-18-27(19-17-26)40-32-24(3)12-11-15-29(32)31(25-13-9-8-10-14-25)39-41(34(40)43)28-20-35(4,5)22-36(6,7)21-28/h11-12,15-19,23,25,28,30H,8-10,13-14,20-22,37H2,1-7H3,(H,38,42). The number of fused-ring (bicyclic) bond motifs is 1. The second-order valence-corrected chi connectivity index (χ2v) is 15.1. The molecule has 232 valence electrons. The monoisotopic (exact) mass is 585 g/mol. The largest absolute Gasteiger partial charge is 0.349 e. The third kappa shape index (κ3) is 6.67. The second kappa shape index (κ2) is 12.1. The molecular formula is C36H51N5O2. The first-order valence-electron chi connectivity index (χ1n) is 16.2. The molecule has 3 amide bonds. The fraction of sp³-hybridized carbons (Fsp3) is 0.583. The highest BCUT2D eigenvalue weighted by molar-refractivity contribution is 6.14. The molecule has 0 bridgehead atoms. The molecule has 1 aliphatic heterocycles. The van der Waals surface area contributed by atoms with Gasteiger partial charge in [0.15, 0.2) is 0 Å². The number of rotatable bonds is 6. The highest BCUT2D eigenvalue weighted by Crippen LogP contribution is 2.49. The fourth-order valence-corrected chi connectivity index (χ4v) is 7.91. The maximum atomic E-state index is 14.9. The molecule has 2 aromatic carbocycles. The number of carbonyl (C=O) groups is 2. The lowest BCUT2D eigenvalue weighted by Gasteiger charge is -2.47. The minimum Gasteiger partial charge on any atom is -0.325 e. The summed E-state index contributed by atoms with van der Waals surface area (Å²) in [4.78, 5) is 29.4. The number of hydrogen-bond donors (Lipinski definition) is 2. The van der Waals surface area contributed by atoms with Crippen LogP contribution >= 0.6 is 0 Å². The van der Waals surface area contributed by atoms with E-state index < -0.39 is 6.04 Å². The van der Waals surface area contributed by atoms with Gasteiger partial charge >= 0.3 is 6.03 Å². The van der Waals surface area contributed by atoms with Crippen LogP contribution in [0.2, 0.25) is 0 Å². The topological polar surface area (TPSA) is 91.0 Å². The molecule has 1 unspecified atom stereocenters. The van der Waals surface area contributed by atoms with Crippen molar-refractivity contribution in [2.75, 3.05) is 10.2 Å². The van der Waals surface area contributed by atoms with Crippen molar-refractivity contribution in [2.45, 2.75) is 112 Å². The molecule has 3 aliphatic rings. The molecule has 0 radical (unpaired) electrons. The van der Waals surface area contributed by atoms with Gasteiger partial charge in [-0.25, -0.2) is 9.80 Å². The fourth-order valence-electron chi connectivity index (χ4n) is 7.91. The minimum absolute atomic E-state index is 0.00181. The van der Waals surface area contributed by atoms with Crippen molar-refractivity contribution in [3.05, 3.63) is 53.6 Å². The Balaban J connectivity index is 1.60. The van der Waals surface area contributed by atoms with E-state index in [1.54, 1.807) is 0 Å². The summed E-state index contributed by atoms with van der Waals surface area (Å²) < 4.78 is 0. The van der Waals surface area contributed by atoms with Crippen molar-refractivity contribution in [1.29, 1.82) is 0 Å². The van der Waals surface area contributed by atoms with E-state index in [1.807, 2.05) is 48.0 Å². The number of nitrogens with one attached hydrogen (secondary N) is 1. The number of nitrogens with two attached hydrogens (primary N) is 1. The predicted molar refractivity (Wildman–Crippen MR) is 177 cm³/mol.